The molecular formula is C23H27N3O6. The smallest absolute Gasteiger partial charge is 0.408 e. The summed E-state index contributed by atoms with van der Waals surface area (Å²) in [6.45, 7) is 4.99. The van der Waals surface area contributed by atoms with Crippen molar-refractivity contribution in [1.29, 1.82) is 0 Å². The van der Waals surface area contributed by atoms with E-state index in [1.54, 1.807) is 20.8 Å². The minimum absolute atomic E-state index is 0.119. The summed E-state index contributed by atoms with van der Waals surface area (Å²) in [6, 6.07) is 12.0. The van der Waals surface area contributed by atoms with E-state index in [0.717, 1.165) is 5.56 Å². The zero-order valence-electron chi connectivity index (χ0n) is 18.1. The first-order valence-electron chi connectivity index (χ1n) is 9.94. The van der Waals surface area contributed by atoms with Gasteiger partial charge in [-0.05, 0) is 56.5 Å². The number of ether oxygens (including phenoxy) is 1. The molecule has 9 heteroatoms. The van der Waals surface area contributed by atoms with Crippen LogP contribution in [0.2, 0.25) is 0 Å². The van der Waals surface area contributed by atoms with Gasteiger partial charge < -0.3 is 20.9 Å². The highest BCUT2D eigenvalue weighted by molar-refractivity contribution is 5.94. The Morgan fingerprint density at radius 2 is 1.75 bits per heavy atom. The summed E-state index contributed by atoms with van der Waals surface area (Å²) in [5, 5.41) is 23.8. The molecule has 0 radical (unpaired) electrons. The molecule has 4 N–H and O–H groups in total. The van der Waals surface area contributed by atoms with Crippen LogP contribution in [-0.4, -0.2) is 39.6 Å². The molecule has 2 aromatic carbocycles. The van der Waals surface area contributed by atoms with Crippen LogP contribution in [0.1, 0.15) is 31.9 Å². The van der Waals surface area contributed by atoms with Crippen LogP contribution < -0.4 is 11.1 Å². The Morgan fingerprint density at radius 3 is 2.28 bits per heavy atom. The third kappa shape index (κ3) is 7.51. The minimum atomic E-state index is -1.46. The zero-order chi connectivity index (χ0) is 23.9. The van der Waals surface area contributed by atoms with E-state index in [0.29, 0.717) is 5.56 Å². The monoisotopic (exact) mass is 441 g/mol. The van der Waals surface area contributed by atoms with E-state index in [2.05, 4.69) is 5.32 Å². The summed E-state index contributed by atoms with van der Waals surface area (Å²) in [5.74, 6) is -1.09. The Balaban J connectivity index is 2.28. The second-order valence-electron chi connectivity index (χ2n) is 8.20. The van der Waals surface area contributed by atoms with Crippen molar-refractivity contribution in [3.8, 4) is 0 Å². The molecule has 0 spiro atoms. The number of nitro groups is 1. The van der Waals surface area contributed by atoms with Crippen LogP contribution in [0.4, 0.5) is 10.5 Å². The number of hydrogen-bond acceptors (Lipinski definition) is 7. The highest BCUT2D eigenvalue weighted by atomic mass is 16.6. The third-order valence-electron chi connectivity index (χ3n) is 4.32. The van der Waals surface area contributed by atoms with Gasteiger partial charge in [0, 0.05) is 12.1 Å². The molecule has 2 rings (SSSR count). The highest BCUT2D eigenvalue weighted by Gasteiger charge is 2.31. The number of amides is 1. The van der Waals surface area contributed by atoms with Crippen LogP contribution in [0.5, 0.6) is 0 Å². The number of benzene rings is 2. The number of alkyl carbamates (subject to hydrolysis) is 1. The lowest BCUT2D eigenvalue weighted by atomic mass is 9.97. The van der Waals surface area contributed by atoms with Gasteiger partial charge >= 0.3 is 6.09 Å². The number of aliphatic hydroxyl groups excluding tert-OH is 1. The second-order valence-corrected chi connectivity index (χ2v) is 8.20. The molecular weight excluding hydrogens is 414 g/mol. The standard InChI is InChI=1S/C23H27N3O6/c1-23(2,3)32-22(29)25-20(21(28)18(24)13-15-7-5-4-6-8-15)19(27)14-16-9-11-17(12-10-16)26(30)31/h4-12,14,18,20,27H,13,24H2,1-3H3,(H,25,29)/b19-14-/t18?,20-/m1/s1. The SMILES string of the molecule is CC(C)(C)OC(=O)N[C@@H](C(=O)C(N)Cc1ccccc1)/C(O)=C/c1ccc([N+](=O)[O-])cc1. The van der Waals surface area contributed by atoms with Gasteiger partial charge in [-0.1, -0.05) is 30.3 Å². The fourth-order valence-electron chi connectivity index (χ4n) is 2.85. The third-order valence-corrected chi connectivity index (χ3v) is 4.32. The van der Waals surface area contributed by atoms with Crippen molar-refractivity contribution in [2.24, 2.45) is 5.73 Å². The molecule has 0 bridgehead atoms. The summed E-state index contributed by atoms with van der Waals surface area (Å²) in [6.07, 6.45) is 0.544. The molecule has 32 heavy (non-hydrogen) atoms. The van der Waals surface area contributed by atoms with E-state index in [1.807, 2.05) is 30.3 Å². The first-order valence-corrected chi connectivity index (χ1v) is 9.94. The van der Waals surface area contributed by atoms with Crippen molar-refractivity contribution in [2.45, 2.75) is 44.9 Å². The Morgan fingerprint density at radius 1 is 1.16 bits per heavy atom. The van der Waals surface area contributed by atoms with Crippen molar-refractivity contribution in [1.82, 2.24) is 5.32 Å². The van der Waals surface area contributed by atoms with Gasteiger partial charge in [-0.3, -0.25) is 14.9 Å². The molecule has 0 fully saturated rings. The number of nitro benzene ring substituents is 1. The molecule has 0 aliphatic carbocycles. The number of ketones is 1. The number of carbonyl (C=O) groups excluding carboxylic acids is 2. The van der Waals surface area contributed by atoms with Crippen molar-refractivity contribution in [2.75, 3.05) is 0 Å². The normalized spacial score (nSPS) is 13.7. The van der Waals surface area contributed by atoms with Crippen LogP contribution in [0, 0.1) is 10.1 Å². The van der Waals surface area contributed by atoms with Crippen molar-refractivity contribution < 1.29 is 24.4 Å². The predicted molar refractivity (Wildman–Crippen MR) is 120 cm³/mol. The summed E-state index contributed by atoms with van der Waals surface area (Å²) in [5.41, 5.74) is 6.36. The van der Waals surface area contributed by atoms with Gasteiger partial charge in [-0.15, -0.1) is 0 Å². The molecule has 0 heterocycles. The molecule has 0 saturated heterocycles. The van der Waals surface area contributed by atoms with Crippen LogP contribution in [0.25, 0.3) is 6.08 Å². The average molecular weight is 441 g/mol. The number of nitrogens with one attached hydrogen (secondary N) is 1. The molecule has 2 atom stereocenters. The Kier molecular flexibility index (Phi) is 8.09. The Hall–Kier alpha value is -3.72. The first kappa shape index (κ1) is 24.5. The quantitative estimate of drug-likeness (QED) is 0.323. The molecule has 0 aromatic heterocycles. The molecule has 1 unspecified atom stereocenters. The van der Waals surface area contributed by atoms with Gasteiger partial charge in [0.05, 0.1) is 11.0 Å². The Bertz CT molecular complexity index is 981. The van der Waals surface area contributed by atoms with Crippen LogP contribution >= 0.6 is 0 Å². The number of nitrogens with zero attached hydrogens (tertiary/aromatic N) is 1. The molecule has 1 amide bonds. The summed E-state index contributed by atoms with van der Waals surface area (Å²) in [4.78, 5) is 35.6. The summed E-state index contributed by atoms with van der Waals surface area (Å²) < 4.78 is 5.20. The second kappa shape index (κ2) is 10.5. The lowest BCUT2D eigenvalue weighted by Crippen LogP contribution is -2.51. The first-order chi connectivity index (χ1) is 15.0. The summed E-state index contributed by atoms with van der Waals surface area (Å²) >= 11 is 0. The molecule has 0 saturated carbocycles. The Labute approximate surface area is 186 Å². The number of rotatable bonds is 8. The minimum Gasteiger partial charge on any atom is -0.510 e. The highest BCUT2D eigenvalue weighted by Crippen LogP contribution is 2.17. The molecule has 0 aliphatic rings. The fourth-order valence-corrected chi connectivity index (χ4v) is 2.85. The van der Waals surface area contributed by atoms with E-state index in [9.17, 15) is 24.8 Å². The number of Topliss-reactive ketones (excluding diaryl/α,β-unsaturated/α-hetero) is 1. The number of carbonyl (C=O) groups is 2. The maximum atomic E-state index is 13.0. The van der Waals surface area contributed by atoms with Gasteiger partial charge in [0.25, 0.3) is 5.69 Å². The molecule has 9 nitrogen and oxygen atoms in total. The number of non-ortho nitro benzene ring substituents is 1. The molecule has 2 aromatic rings. The molecule has 0 aliphatic heterocycles. The maximum absolute atomic E-state index is 13.0. The van der Waals surface area contributed by atoms with Crippen molar-refractivity contribution in [3.63, 3.8) is 0 Å². The van der Waals surface area contributed by atoms with Gasteiger partial charge in [0.1, 0.15) is 17.4 Å². The van der Waals surface area contributed by atoms with E-state index in [4.69, 9.17) is 10.5 Å². The lowest BCUT2D eigenvalue weighted by molar-refractivity contribution is -0.384. The van der Waals surface area contributed by atoms with Crippen LogP contribution in [-0.2, 0) is 16.0 Å². The van der Waals surface area contributed by atoms with E-state index >= 15 is 0 Å². The van der Waals surface area contributed by atoms with Crippen LogP contribution in [0.15, 0.2) is 60.4 Å². The fraction of sp³-hybridized carbons (Fsp3) is 0.304. The zero-order valence-corrected chi connectivity index (χ0v) is 18.1. The lowest BCUT2D eigenvalue weighted by Gasteiger charge is -2.24. The summed E-state index contributed by atoms with van der Waals surface area (Å²) in [7, 11) is 0. The van der Waals surface area contributed by atoms with Gasteiger partial charge in [0.15, 0.2) is 5.78 Å². The van der Waals surface area contributed by atoms with Gasteiger partial charge in [0.2, 0.25) is 0 Å². The van der Waals surface area contributed by atoms with Crippen LogP contribution in [0.3, 0.4) is 0 Å². The van der Waals surface area contributed by atoms with Crippen molar-refractivity contribution >= 4 is 23.6 Å². The van der Waals surface area contributed by atoms with Gasteiger partial charge in [-0.2, -0.15) is 0 Å². The predicted octanol–water partition coefficient (Wildman–Crippen LogP) is 3.53. The topological polar surface area (TPSA) is 145 Å². The van der Waals surface area contributed by atoms with Crippen molar-refractivity contribution in [3.05, 3.63) is 81.6 Å². The number of nitrogens with two attached hydrogens (primary N) is 1. The van der Waals surface area contributed by atoms with Gasteiger partial charge in [-0.25, -0.2) is 4.79 Å². The number of hydrogen-bond donors (Lipinski definition) is 3. The van der Waals surface area contributed by atoms with E-state index in [1.165, 1.54) is 30.3 Å². The van der Waals surface area contributed by atoms with E-state index in [-0.39, 0.29) is 12.1 Å². The average Bonchev–Trinajstić information content (AvgIpc) is 2.71. The largest absolute Gasteiger partial charge is 0.510 e. The number of aliphatic hydroxyl groups is 1. The maximum Gasteiger partial charge on any atom is 0.408 e. The van der Waals surface area contributed by atoms with E-state index < -0.39 is 40.2 Å². The molecule has 170 valence electrons.